The third kappa shape index (κ3) is 4.50. The van der Waals surface area contributed by atoms with Crippen molar-refractivity contribution in [2.75, 3.05) is 6.54 Å². The Bertz CT molecular complexity index is 1090. The maximum Gasteiger partial charge on any atom is 0.264 e. The molecule has 0 saturated heterocycles. The van der Waals surface area contributed by atoms with Crippen LogP contribution in [-0.2, 0) is 11.8 Å². The van der Waals surface area contributed by atoms with Crippen LogP contribution in [0.15, 0.2) is 35.3 Å². The lowest BCUT2D eigenvalue weighted by atomic mass is 9.83. The van der Waals surface area contributed by atoms with Gasteiger partial charge in [0, 0.05) is 12.6 Å². The van der Waals surface area contributed by atoms with E-state index in [0.29, 0.717) is 23.6 Å². The van der Waals surface area contributed by atoms with Gasteiger partial charge < -0.3 is 5.32 Å². The van der Waals surface area contributed by atoms with Crippen LogP contribution in [0.25, 0.3) is 5.82 Å². The van der Waals surface area contributed by atoms with Gasteiger partial charge in [-0.25, -0.2) is 9.78 Å². The first-order valence-electron chi connectivity index (χ1n) is 10.1. The van der Waals surface area contributed by atoms with Crippen molar-refractivity contribution >= 4 is 5.91 Å². The van der Waals surface area contributed by atoms with E-state index in [0.717, 1.165) is 6.42 Å². The molecular formula is C23H29N5O2. The van der Waals surface area contributed by atoms with Gasteiger partial charge in [0.2, 0.25) is 0 Å². The van der Waals surface area contributed by atoms with E-state index in [1.54, 1.807) is 13.0 Å². The summed E-state index contributed by atoms with van der Waals surface area (Å²) in [5.74, 6) is 0.279. The van der Waals surface area contributed by atoms with E-state index in [1.165, 1.54) is 39.2 Å². The molecule has 0 aliphatic carbocycles. The Balaban J connectivity index is 1.69. The van der Waals surface area contributed by atoms with Gasteiger partial charge in [-0.3, -0.25) is 9.59 Å². The molecule has 30 heavy (non-hydrogen) atoms. The molecular weight excluding hydrogens is 378 g/mol. The minimum Gasteiger partial charge on any atom is -0.352 e. The standard InChI is InChI=1S/C23H29N5O2/c1-14-11-17(23(4,5)6)12-15(2)18(14)9-10-24-22(30)19-13-25-28(16(19)3)20-7-8-21(29)27-26-20/h7-8,11-13H,9-10H2,1-6H3,(H,24,30)(H,27,29). The summed E-state index contributed by atoms with van der Waals surface area (Å²) >= 11 is 0. The van der Waals surface area contributed by atoms with Crippen molar-refractivity contribution in [1.29, 1.82) is 0 Å². The molecule has 3 rings (SSSR count). The number of benzene rings is 1. The van der Waals surface area contributed by atoms with Gasteiger partial charge in [0.15, 0.2) is 5.82 Å². The van der Waals surface area contributed by atoms with Crippen molar-refractivity contribution in [1.82, 2.24) is 25.3 Å². The van der Waals surface area contributed by atoms with Crippen LogP contribution in [0.1, 0.15) is 59.1 Å². The first kappa shape index (κ1) is 21.5. The molecule has 0 saturated carbocycles. The second-order valence-corrected chi connectivity index (χ2v) is 8.68. The van der Waals surface area contributed by atoms with Crippen LogP contribution < -0.4 is 10.9 Å². The number of aromatic amines is 1. The van der Waals surface area contributed by atoms with E-state index >= 15 is 0 Å². The highest BCUT2D eigenvalue weighted by Gasteiger charge is 2.18. The lowest BCUT2D eigenvalue weighted by Crippen LogP contribution is -2.26. The van der Waals surface area contributed by atoms with E-state index in [9.17, 15) is 9.59 Å². The largest absolute Gasteiger partial charge is 0.352 e. The number of rotatable bonds is 5. The molecule has 2 aromatic heterocycles. The molecule has 1 amide bonds. The van der Waals surface area contributed by atoms with Crippen LogP contribution in [0.3, 0.4) is 0 Å². The first-order chi connectivity index (χ1) is 14.1. The molecule has 2 heterocycles. The summed E-state index contributed by atoms with van der Waals surface area (Å²) in [5.41, 5.74) is 6.07. The molecule has 1 aromatic carbocycles. The third-order valence-electron chi connectivity index (χ3n) is 5.36. The summed E-state index contributed by atoms with van der Waals surface area (Å²) in [6.45, 7) is 13.2. The Morgan fingerprint density at radius 2 is 1.80 bits per heavy atom. The molecule has 3 aromatic rings. The smallest absolute Gasteiger partial charge is 0.264 e. The van der Waals surface area contributed by atoms with Crippen LogP contribution in [-0.4, -0.2) is 32.4 Å². The number of hydrogen-bond acceptors (Lipinski definition) is 4. The van der Waals surface area contributed by atoms with Crippen molar-refractivity contribution in [3.05, 3.63) is 74.3 Å². The van der Waals surface area contributed by atoms with Crippen molar-refractivity contribution in [2.24, 2.45) is 0 Å². The number of carbonyl (C=O) groups excluding carboxylic acids is 1. The SMILES string of the molecule is Cc1cc(C(C)(C)C)cc(C)c1CCNC(=O)c1cnn(-c2ccc(=O)[nH]n2)c1C. The molecule has 0 atom stereocenters. The van der Waals surface area contributed by atoms with E-state index in [4.69, 9.17) is 0 Å². The van der Waals surface area contributed by atoms with Crippen molar-refractivity contribution in [2.45, 2.75) is 53.4 Å². The van der Waals surface area contributed by atoms with E-state index in [2.05, 4.69) is 67.4 Å². The number of amides is 1. The molecule has 0 aliphatic rings. The Morgan fingerprint density at radius 1 is 1.13 bits per heavy atom. The van der Waals surface area contributed by atoms with Gasteiger partial charge in [0.05, 0.1) is 17.5 Å². The lowest BCUT2D eigenvalue weighted by Gasteiger charge is -2.22. The lowest BCUT2D eigenvalue weighted by molar-refractivity contribution is 0.0953. The van der Waals surface area contributed by atoms with Crippen LogP contribution in [0.5, 0.6) is 0 Å². The highest BCUT2D eigenvalue weighted by molar-refractivity contribution is 5.95. The van der Waals surface area contributed by atoms with Gasteiger partial charge in [-0.05, 0) is 60.9 Å². The maximum atomic E-state index is 12.7. The van der Waals surface area contributed by atoms with Gasteiger partial charge in [-0.15, -0.1) is 0 Å². The quantitative estimate of drug-likeness (QED) is 0.679. The molecule has 0 aliphatic heterocycles. The van der Waals surface area contributed by atoms with Crippen molar-refractivity contribution < 1.29 is 4.79 Å². The predicted octanol–water partition coefficient (Wildman–Crippen LogP) is 3.15. The van der Waals surface area contributed by atoms with Gasteiger partial charge in [0.1, 0.15) is 0 Å². The number of nitrogens with zero attached hydrogens (tertiary/aromatic N) is 3. The second-order valence-electron chi connectivity index (χ2n) is 8.68. The molecule has 2 N–H and O–H groups in total. The van der Waals surface area contributed by atoms with Crippen LogP contribution in [0, 0.1) is 20.8 Å². The number of aryl methyl sites for hydroxylation is 2. The highest BCUT2D eigenvalue weighted by atomic mass is 16.1. The van der Waals surface area contributed by atoms with E-state index in [1.807, 2.05) is 0 Å². The van der Waals surface area contributed by atoms with E-state index in [-0.39, 0.29) is 16.9 Å². The predicted molar refractivity (Wildman–Crippen MR) is 117 cm³/mol. The molecule has 0 spiro atoms. The number of aromatic nitrogens is 4. The van der Waals surface area contributed by atoms with Gasteiger partial charge in [0.25, 0.3) is 11.5 Å². The normalized spacial score (nSPS) is 11.5. The second kappa shape index (κ2) is 8.26. The van der Waals surface area contributed by atoms with Gasteiger partial charge >= 0.3 is 0 Å². The Kier molecular flexibility index (Phi) is 5.92. The Morgan fingerprint density at radius 3 is 2.37 bits per heavy atom. The van der Waals surface area contributed by atoms with Crippen molar-refractivity contribution in [3.63, 3.8) is 0 Å². The van der Waals surface area contributed by atoms with Crippen molar-refractivity contribution in [3.8, 4) is 5.82 Å². The van der Waals surface area contributed by atoms with Crippen LogP contribution in [0.4, 0.5) is 0 Å². The maximum absolute atomic E-state index is 12.7. The zero-order valence-electron chi connectivity index (χ0n) is 18.5. The number of carbonyl (C=O) groups is 1. The van der Waals surface area contributed by atoms with Crippen LogP contribution >= 0.6 is 0 Å². The highest BCUT2D eigenvalue weighted by Crippen LogP contribution is 2.27. The molecule has 0 fully saturated rings. The number of H-pyrrole nitrogens is 1. The summed E-state index contributed by atoms with van der Waals surface area (Å²) in [6.07, 6.45) is 2.29. The molecule has 0 bridgehead atoms. The average Bonchev–Trinajstić information content (AvgIpc) is 3.05. The number of nitrogens with one attached hydrogen (secondary N) is 2. The third-order valence-corrected chi connectivity index (χ3v) is 5.36. The Hall–Kier alpha value is -3.22. The minimum absolute atomic E-state index is 0.112. The Labute approximate surface area is 176 Å². The fourth-order valence-corrected chi connectivity index (χ4v) is 3.54. The van der Waals surface area contributed by atoms with Crippen LogP contribution in [0.2, 0.25) is 0 Å². The molecule has 158 valence electrons. The number of hydrogen-bond donors (Lipinski definition) is 2. The van der Waals surface area contributed by atoms with E-state index < -0.39 is 0 Å². The fourth-order valence-electron chi connectivity index (χ4n) is 3.54. The topological polar surface area (TPSA) is 92.7 Å². The average molecular weight is 408 g/mol. The molecule has 0 unspecified atom stereocenters. The molecule has 7 nitrogen and oxygen atoms in total. The fraction of sp³-hybridized carbons (Fsp3) is 0.391. The monoisotopic (exact) mass is 407 g/mol. The summed E-state index contributed by atoms with van der Waals surface area (Å²) in [7, 11) is 0. The zero-order valence-corrected chi connectivity index (χ0v) is 18.5. The molecule has 7 heteroatoms. The summed E-state index contributed by atoms with van der Waals surface area (Å²) < 4.78 is 1.53. The first-order valence-corrected chi connectivity index (χ1v) is 10.1. The van der Waals surface area contributed by atoms with Gasteiger partial charge in [-0.2, -0.15) is 10.2 Å². The minimum atomic E-state index is -0.289. The summed E-state index contributed by atoms with van der Waals surface area (Å²) in [5, 5.41) is 13.6. The zero-order chi connectivity index (χ0) is 22.1. The molecule has 0 radical (unpaired) electrons. The van der Waals surface area contributed by atoms with Gasteiger partial charge in [-0.1, -0.05) is 32.9 Å². The summed E-state index contributed by atoms with van der Waals surface area (Å²) in [6, 6.07) is 7.43. The summed E-state index contributed by atoms with van der Waals surface area (Å²) in [4.78, 5) is 23.9.